The Kier molecular flexibility index (Phi) is 4.92. The lowest BCUT2D eigenvalue weighted by molar-refractivity contribution is -0.0698. The molecule has 0 saturated heterocycles. The van der Waals surface area contributed by atoms with Gasteiger partial charge in [0, 0.05) is 30.9 Å². The van der Waals surface area contributed by atoms with Crippen molar-refractivity contribution in [2.75, 3.05) is 20.3 Å². The molecular weight excluding hydrogens is 366 g/mol. The van der Waals surface area contributed by atoms with Crippen molar-refractivity contribution in [3.05, 3.63) is 66.1 Å². The SMILES string of the molecule is COCC(F)(F)c1ccc(Oc2ncncc2-c2cccc3c2OCC3)cc1. The van der Waals surface area contributed by atoms with Crippen molar-refractivity contribution in [3.63, 3.8) is 0 Å². The van der Waals surface area contributed by atoms with E-state index in [1.54, 1.807) is 6.20 Å². The number of nitrogens with zero attached hydrogens (tertiary/aromatic N) is 2. The molecular formula is C21H18F2N2O3. The van der Waals surface area contributed by atoms with Gasteiger partial charge in [-0.1, -0.05) is 18.2 Å². The van der Waals surface area contributed by atoms with E-state index in [9.17, 15) is 8.78 Å². The fraction of sp³-hybridized carbons (Fsp3) is 0.238. The third-order valence-electron chi connectivity index (χ3n) is 4.50. The molecule has 0 aliphatic carbocycles. The average molecular weight is 384 g/mol. The molecule has 3 aromatic rings. The Labute approximate surface area is 160 Å². The number of ether oxygens (including phenoxy) is 3. The fourth-order valence-corrected chi connectivity index (χ4v) is 3.15. The van der Waals surface area contributed by atoms with E-state index in [0.29, 0.717) is 23.8 Å². The van der Waals surface area contributed by atoms with E-state index in [1.807, 2.05) is 18.2 Å². The Bertz CT molecular complexity index is 978. The Morgan fingerprint density at radius 3 is 2.71 bits per heavy atom. The number of methoxy groups -OCH3 is 1. The molecule has 0 saturated carbocycles. The average Bonchev–Trinajstić information content (AvgIpc) is 3.18. The molecule has 0 atom stereocenters. The van der Waals surface area contributed by atoms with Crippen molar-refractivity contribution in [2.24, 2.45) is 0 Å². The lowest BCUT2D eigenvalue weighted by Gasteiger charge is -2.16. The molecule has 0 radical (unpaired) electrons. The van der Waals surface area contributed by atoms with Crippen LogP contribution in [0.1, 0.15) is 11.1 Å². The van der Waals surface area contributed by atoms with Crippen LogP contribution in [0.3, 0.4) is 0 Å². The Balaban J connectivity index is 1.63. The van der Waals surface area contributed by atoms with E-state index in [0.717, 1.165) is 23.3 Å². The van der Waals surface area contributed by atoms with E-state index < -0.39 is 12.5 Å². The summed E-state index contributed by atoms with van der Waals surface area (Å²) in [6.45, 7) is -0.0459. The van der Waals surface area contributed by atoms with Crippen LogP contribution in [0, 0.1) is 0 Å². The van der Waals surface area contributed by atoms with Gasteiger partial charge in [0.15, 0.2) is 0 Å². The molecule has 2 heterocycles. The van der Waals surface area contributed by atoms with E-state index in [-0.39, 0.29) is 5.56 Å². The van der Waals surface area contributed by atoms with Crippen molar-refractivity contribution in [3.8, 4) is 28.5 Å². The molecule has 0 bridgehead atoms. The van der Waals surface area contributed by atoms with Crippen LogP contribution in [0.2, 0.25) is 0 Å². The molecule has 1 aromatic heterocycles. The molecule has 5 nitrogen and oxygen atoms in total. The van der Waals surface area contributed by atoms with Crippen LogP contribution >= 0.6 is 0 Å². The molecule has 4 rings (SSSR count). The van der Waals surface area contributed by atoms with Gasteiger partial charge in [-0.05, 0) is 29.8 Å². The zero-order valence-electron chi connectivity index (χ0n) is 15.2. The quantitative estimate of drug-likeness (QED) is 0.621. The predicted molar refractivity (Wildman–Crippen MR) is 99.0 cm³/mol. The second-order valence-corrected chi connectivity index (χ2v) is 6.40. The first-order valence-electron chi connectivity index (χ1n) is 8.79. The van der Waals surface area contributed by atoms with Gasteiger partial charge in [-0.25, -0.2) is 9.97 Å². The predicted octanol–water partition coefficient (Wildman–Crippen LogP) is 4.61. The number of aromatic nitrogens is 2. The van der Waals surface area contributed by atoms with Crippen LogP contribution in [0.15, 0.2) is 55.0 Å². The number of benzene rings is 2. The molecule has 0 unspecified atom stereocenters. The van der Waals surface area contributed by atoms with Gasteiger partial charge in [-0.3, -0.25) is 0 Å². The van der Waals surface area contributed by atoms with Crippen LogP contribution in [0.5, 0.6) is 17.4 Å². The highest BCUT2D eigenvalue weighted by Crippen LogP contribution is 2.40. The smallest absolute Gasteiger partial charge is 0.296 e. The zero-order valence-corrected chi connectivity index (χ0v) is 15.2. The van der Waals surface area contributed by atoms with Gasteiger partial charge in [-0.2, -0.15) is 8.78 Å². The first kappa shape index (κ1) is 18.3. The number of rotatable bonds is 6. The van der Waals surface area contributed by atoms with Crippen LogP contribution in [0.25, 0.3) is 11.1 Å². The highest BCUT2D eigenvalue weighted by atomic mass is 19.3. The first-order valence-corrected chi connectivity index (χ1v) is 8.79. The van der Waals surface area contributed by atoms with Crippen molar-refractivity contribution >= 4 is 0 Å². The third kappa shape index (κ3) is 3.53. The molecule has 28 heavy (non-hydrogen) atoms. The maximum atomic E-state index is 13.9. The zero-order chi connectivity index (χ0) is 19.6. The van der Waals surface area contributed by atoms with E-state index in [4.69, 9.17) is 9.47 Å². The molecule has 1 aliphatic rings. The minimum Gasteiger partial charge on any atom is -0.492 e. The summed E-state index contributed by atoms with van der Waals surface area (Å²) in [5.74, 6) is -1.53. The summed E-state index contributed by atoms with van der Waals surface area (Å²) < 4.78 is 44.1. The van der Waals surface area contributed by atoms with Crippen LogP contribution in [0.4, 0.5) is 8.78 Å². The van der Waals surface area contributed by atoms with Crippen LogP contribution in [-0.2, 0) is 17.1 Å². The number of hydrogen-bond donors (Lipinski definition) is 0. The Morgan fingerprint density at radius 2 is 1.93 bits per heavy atom. The standard InChI is InChI=1S/C21H18F2N2O3/c1-26-12-21(22,23)15-5-7-16(8-6-15)28-20-18(11-24-13-25-20)17-4-2-3-14-9-10-27-19(14)17/h2-8,11,13H,9-10,12H2,1H3. The highest BCUT2D eigenvalue weighted by Gasteiger charge is 2.31. The fourth-order valence-electron chi connectivity index (χ4n) is 3.15. The van der Waals surface area contributed by atoms with Crippen molar-refractivity contribution in [1.29, 1.82) is 0 Å². The van der Waals surface area contributed by atoms with Gasteiger partial charge in [0.25, 0.3) is 5.92 Å². The minimum absolute atomic E-state index is 0.140. The maximum absolute atomic E-state index is 13.9. The van der Waals surface area contributed by atoms with Crippen molar-refractivity contribution < 1.29 is 23.0 Å². The molecule has 1 aliphatic heterocycles. The monoisotopic (exact) mass is 384 g/mol. The van der Waals surface area contributed by atoms with Gasteiger partial charge in [0.1, 0.15) is 24.4 Å². The Morgan fingerprint density at radius 1 is 1.11 bits per heavy atom. The lowest BCUT2D eigenvalue weighted by atomic mass is 10.0. The first-order chi connectivity index (χ1) is 13.6. The number of hydrogen-bond acceptors (Lipinski definition) is 5. The summed E-state index contributed by atoms with van der Waals surface area (Å²) in [7, 11) is 1.24. The number of para-hydroxylation sites is 1. The topological polar surface area (TPSA) is 53.5 Å². The van der Waals surface area contributed by atoms with Gasteiger partial charge in [-0.15, -0.1) is 0 Å². The number of fused-ring (bicyclic) bond motifs is 1. The van der Waals surface area contributed by atoms with E-state index >= 15 is 0 Å². The summed E-state index contributed by atoms with van der Waals surface area (Å²) in [4.78, 5) is 8.32. The molecule has 0 amide bonds. The number of halogens is 2. The van der Waals surface area contributed by atoms with Crippen LogP contribution < -0.4 is 9.47 Å². The second kappa shape index (κ2) is 7.52. The Hall–Kier alpha value is -3.06. The summed E-state index contributed by atoms with van der Waals surface area (Å²) in [5, 5.41) is 0. The van der Waals surface area contributed by atoms with Gasteiger partial charge < -0.3 is 14.2 Å². The molecule has 0 N–H and O–H groups in total. The minimum atomic E-state index is -3.06. The lowest BCUT2D eigenvalue weighted by Crippen LogP contribution is -2.19. The van der Waals surface area contributed by atoms with Crippen LogP contribution in [-0.4, -0.2) is 30.3 Å². The van der Waals surface area contributed by atoms with Gasteiger partial charge >= 0.3 is 0 Å². The second-order valence-electron chi connectivity index (χ2n) is 6.40. The highest BCUT2D eigenvalue weighted by molar-refractivity contribution is 5.76. The third-order valence-corrected chi connectivity index (χ3v) is 4.50. The number of alkyl halides is 2. The molecule has 144 valence electrons. The maximum Gasteiger partial charge on any atom is 0.296 e. The largest absolute Gasteiger partial charge is 0.492 e. The summed E-state index contributed by atoms with van der Waals surface area (Å²) in [6, 6.07) is 11.5. The van der Waals surface area contributed by atoms with Crippen molar-refractivity contribution in [1.82, 2.24) is 9.97 Å². The van der Waals surface area contributed by atoms with Gasteiger partial charge in [0.2, 0.25) is 5.88 Å². The van der Waals surface area contributed by atoms with E-state index in [2.05, 4.69) is 14.7 Å². The normalized spacial score (nSPS) is 13.1. The summed E-state index contributed by atoms with van der Waals surface area (Å²) >= 11 is 0. The molecule has 2 aromatic carbocycles. The molecule has 0 fully saturated rings. The van der Waals surface area contributed by atoms with Crippen molar-refractivity contribution in [2.45, 2.75) is 12.3 Å². The summed E-state index contributed by atoms with van der Waals surface area (Å²) in [5.41, 5.74) is 2.50. The summed E-state index contributed by atoms with van der Waals surface area (Å²) in [6.07, 6.45) is 3.88. The van der Waals surface area contributed by atoms with E-state index in [1.165, 1.54) is 37.7 Å². The van der Waals surface area contributed by atoms with Gasteiger partial charge in [0.05, 0.1) is 12.2 Å². The molecule has 7 heteroatoms. The molecule has 0 spiro atoms.